The van der Waals surface area contributed by atoms with E-state index in [4.69, 9.17) is 0 Å². The second-order valence-electron chi connectivity index (χ2n) is 5.75. The van der Waals surface area contributed by atoms with Crippen LogP contribution in [0.4, 0.5) is 5.69 Å². The van der Waals surface area contributed by atoms with Gasteiger partial charge in [0.25, 0.3) is 0 Å². The third kappa shape index (κ3) is 3.50. The molecule has 0 spiro atoms. The van der Waals surface area contributed by atoms with Gasteiger partial charge in [0.15, 0.2) is 0 Å². The third-order valence-corrected chi connectivity index (χ3v) is 4.37. The summed E-state index contributed by atoms with van der Waals surface area (Å²) in [4.78, 5) is 2.64. The lowest BCUT2D eigenvalue weighted by atomic mass is 10.0. The van der Waals surface area contributed by atoms with Gasteiger partial charge in [-0.2, -0.15) is 0 Å². The largest absolute Gasteiger partial charge is 0.369 e. The second-order valence-corrected chi connectivity index (χ2v) is 5.75. The molecule has 1 atom stereocenters. The molecule has 0 amide bonds. The maximum atomic E-state index is 3.24. The van der Waals surface area contributed by atoms with Crippen molar-refractivity contribution in [2.45, 2.75) is 58.5 Å². The molecule has 1 fully saturated rings. The molecule has 1 aliphatic heterocycles. The van der Waals surface area contributed by atoms with Gasteiger partial charge in [-0.05, 0) is 56.5 Å². The number of nitrogens with one attached hydrogen (secondary N) is 1. The van der Waals surface area contributed by atoms with Gasteiger partial charge in [0, 0.05) is 24.8 Å². The van der Waals surface area contributed by atoms with Crippen molar-refractivity contribution in [1.29, 1.82) is 0 Å². The number of anilines is 1. The summed E-state index contributed by atoms with van der Waals surface area (Å²) >= 11 is 0. The number of rotatable bonds is 4. The van der Waals surface area contributed by atoms with Gasteiger partial charge in [-0.15, -0.1) is 0 Å². The Morgan fingerprint density at radius 2 is 2.11 bits per heavy atom. The zero-order valence-corrected chi connectivity index (χ0v) is 12.7. The minimum atomic E-state index is 0.733. The molecular formula is C17H28N2. The van der Waals surface area contributed by atoms with E-state index in [-0.39, 0.29) is 0 Å². The van der Waals surface area contributed by atoms with Crippen LogP contribution in [0.5, 0.6) is 0 Å². The fourth-order valence-corrected chi connectivity index (χ4v) is 3.19. The second kappa shape index (κ2) is 6.95. The Morgan fingerprint density at radius 3 is 2.79 bits per heavy atom. The molecule has 1 unspecified atom stereocenters. The minimum Gasteiger partial charge on any atom is -0.369 e. The van der Waals surface area contributed by atoms with Crippen LogP contribution in [0.2, 0.25) is 0 Å². The topological polar surface area (TPSA) is 15.3 Å². The summed E-state index contributed by atoms with van der Waals surface area (Å²) in [6, 6.07) is 7.71. The Bertz CT molecular complexity index is 400. The predicted octanol–water partition coefficient (Wildman–Crippen LogP) is 3.87. The average Bonchev–Trinajstić information content (AvgIpc) is 2.66. The molecule has 1 aromatic rings. The summed E-state index contributed by atoms with van der Waals surface area (Å²) < 4.78 is 0. The highest BCUT2D eigenvalue weighted by molar-refractivity contribution is 5.51. The number of aryl methyl sites for hydroxylation is 1. The van der Waals surface area contributed by atoms with Crippen LogP contribution in [0.15, 0.2) is 18.2 Å². The highest BCUT2D eigenvalue weighted by Crippen LogP contribution is 2.27. The molecule has 1 saturated heterocycles. The van der Waals surface area contributed by atoms with Crippen LogP contribution < -0.4 is 10.2 Å². The lowest BCUT2D eigenvalue weighted by Crippen LogP contribution is -2.34. The van der Waals surface area contributed by atoms with Crippen molar-refractivity contribution in [3.63, 3.8) is 0 Å². The first kappa shape index (κ1) is 14.4. The molecule has 2 rings (SSSR count). The first-order valence-electron chi connectivity index (χ1n) is 7.77. The van der Waals surface area contributed by atoms with Crippen molar-refractivity contribution < 1.29 is 0 Å². The highest BCUT2D eigenvalue weighted by Gasteiger charge is 2.19. The Kier molecular flexibility index (Phi) is 5.26. The molecule has 1 N–H and O–H groups in total. The molecule has 106 valence electrons. The zero-order chi connectivity index (χ0) is 13.7. The van der Waals surface area contributed by atoms with E-state index in [0.717, 1.165) is 12.6 Å². The van der Waals surface area contributed by atoms with E-state index < -0.39 is 0 Å². The van der Waals surface area contributed by atoms with Crippen molar-refractivity contribution in [1.82, 2.24) is 5.32 Å². The quantitative estimate of drug-likeness (QED) is 0.884. The Morgan fingerprint density at radius 1 is 1.26 bits per heavy atom. The van der Waals surface area contributed by atoms with E-state index in [1.165, 1.54) is 55.5 Å². The molecule has 0 saturated carbocycles. The van der Waals surface area contributed by atoms with Gasteiger partial charge < -0.3 is 10.2 Å². The van der Waals surface area contributed by atoms with Crippen molar-refractivity contribution in [3.05, 3.63) is 29.3 Å². The van der Waals surface area contributed by atoms with Crippen LogP contribution in [-0.4, -0.2) is 19.6 Å². The van der Waals surface area contributed by atoms with Crippen molar-refractivity contribution >= 4 is 5.69 Å². The molecule has 1 heterocycles. The highest BCUT2D eigenvalue weighted by atomic mass is 15.2. The lowest BCUT2D eigenvalue weighted by Gasteiger charge is -2.32. The first-order chi connectivity index (χ1) is 9.26. The van der Waals surface area contributed by atoms with Crippen LogP contribution in [0, 0.1) is 6.92 Å². The normalized spacial score (nSPS) is 20.4. The SMILES string of the molecule is CCC1CCCCCN1c1ccc(CNC)c(C)c1. The zero-order valence-electron chi connectivity index (χ0n) is 12.7. The summed E-state index contributed by atoms with van der Waals surface area (Å²) in [5.41, 5.74) is 4.24. The molecule has 0 aromatic heterocycles. The van der Waals surface area contributed by atoms with E-state index in [9.17, 15) is 0 Å². The van der Waals surface area contributed by atoms with Gasteiger partial charge in [-0.3, -0.25) is 0 Å². The van der Waals surface area contributed by atoms with E-state index in [1.54, 1.807) is 0 Å². The summed E-state index contributed by atoms with van der Waals surface area (Å²) in [5.74, 6) is 0. The van der Waals surface area contributed by atoms with E-state index in [0.29, 0.717) is 0 Å². The smallest absolute Gasteiger partial charge is 0.0371 e. The van der Waals surface area contributed by atoms with Crippen molar-refractivity contribution in [2.75, 3.05) is 18.5 Å². The molecule has 2 heteroatoms. The van der Waals surface area contributed by atoms with Crippen LogP contribution in [0.3, 0.4) is 0 Å². The lowest BCUT2D eigenvalue weighted by molar-refractivity contribution is 0.556. The summed E-state index contributed by atoms with van der Waals surface area (Å²) in [6.07, 6.45) is 6.74. The standard InChI is InChI=1S/C17H28N2/c1-4-16-8-6-5-7-11-19(16)17-10-9-15(13-18-3)14(2)12-17/h9-10,12,16,18H,4-8,11,13H2,1-3H3. The fraction of sp³-hybridized carbons (Fsp3) is 0.647. The molecule has 0 aliphatic carbocycles. The van der Waals surface area contributed by atoms with Crippen molar-refractivity contribution in [3.8, 4) is 0 Å². The van der Waals surface area contributed by atoms with Crippen LogP contribution in [0.25, 0.3) is 0 Å². The Balaban J connectivity index is 2.21. The monoisotopic (exact) mass is 260 g/mol. The molecule has 0 bridgehead atoms. The number of hydrogen-bond acceptors (Lipinski definition) is 2. The van der Waals surface area contributed by atoms with Gasteiger partial charge in [0.1, 0.15) is 0 Å². The third-order valence-electron chi connectivity index (χ3n) is 4.37. The Hall–Kier alpha value is -1.02. The average molecular weight is 260 g/mol. The number of hydrogen-bond donors (Lipinski definition) is 1. The van der Waals surface area contributed by atoms with E-state index >= 15 is 0 Å². The molecular weight excluding hydrogens is 232 g/mol. The van der Waals surface area contributed by atoms with Crippen molar-refractivity contribution in [2.24, 2.45) is 0 Å². The van der Waals surface area contributed by atoms with Crippen LogP contribution >= 0.6 is 0 Å². The van der Waals surface area contributed by atoms with Crippen LogP contribution in [-0.2, 0) is 6.54 Å². The Labute approximate surface area is 118 Å². The van der Waals surface area contributed by atoms with Gasteiger partial charge in [-0.1, -0.05) is 25.8 Å². The minimum absolute atomic E-state index is 0.733. The predicted molar refractivity (Wildman–Crippen MR) is 83.8 cm³/mol. The molecule has 19 heavy (non-hydrogen) atoms. The summed E-state index contributed by atoms with van der Waals surface area (Å²) in [7, 11) is 2.01. The van der Waals surface area contributed by atoms with Gasteiger partial charge >= 0.3 is 0 Å². The molecule has 1 aliphatic rings. The van der Waals surface area contributed by atoms with Gasteiger partial charge in [0.2, 0.25) is 0 Å². The van der Waals surface area contributed by atoms with E-state index in [2.05, 4.69) is 42.3 Å². The first-order valence-corrected chi connectivity index (χ1v) is 7.77. The number of benzene rings is 1. The summed E-state index contributed by atoms with van der Waals surface area (Å²) in [6.45, 7) is 6.74. The molecule has 0 radical (unpaired) electrons. The molecule has 2 nitrogen and oxygen atoms in total. The molecule has 1 aromatic carbocycles. The maximum absolute atomic E-state index is 3.24. The van der Waals surface area contributed by atoms with Crippen LogP contribution in [0.1, 0.15) is 50.2 Å². The number of nitrogens with zero attached hydrogens (tertiary/aromatic N) is 1. The maximum Gasteiger partial charge on any atom is 0.0371 e. The van der Waals surface area contributed by atoms with E-state index in [1.807, 2.05) is 7.05 Å². The van der Waals surface area contributed by atoms with Gasteiger partial charge in [0.05, 0.1) is 0 Å². The fourth-order valence-electron chi connectivity index (χ4n) is 3.19. The van der Waals surface area contributed by atoms with Gasteiger partial charge in [-0.25, -0.2) is 0 Å². The summed E-state index contributed by atoms with van der Waals surface area (Å²) in [5, 5.41) is 3.24.